The predicted octanol–water partition coefficient (Wildman–Crippen LogP) is 3.26. The molecule has 0 fully saturated rings. The van der Waals surface area contributed by atoms with Gasteiger partial charge in [-0.1, -0.05) is 12.1 Å². The standard InChI is InChI=1S/C11H8BrN5O.C3H6/c12-6-2-1-5(3-7(6)18)9-8-10(13)14-4-15-11(8)17-16-9;1-3-2/h1-4,18H,(H3,13,14,15,16,17);3H,1H2,2H3. The number of fused-ring (bicyclic) bond motifs is 1. The Bertz CT molecular complexity index is 784. The predicted molar refractivity (Wildman–Crippen MR) is 86.8 cm³/mol. The van der Waals surface area contributed by atoms with Crippen LogP contribution in [-0.2, 0) is 0 Å². The first-order valence-electron chi connectivity index (χ1n) is 6.09. The average molecular weight is 348 g/mol. The summed E-state index contributed by atoms with van der Waals surface area (Å²) < 4.78 is 0.624. The summed E-state index contributed by atoms with van der Waals surface area (Å²) >= 11 is 3.23. The highest BCUT2D eigenvalue weighted by molar-refractivity contribution is 9.10. The number of hydrogen-bond acceptors (Lipinski definition) is 5. The van der Waals surface area contributed by atoms with E-state index in [1.54, 1.807) is 18.2 Å². The van der Waals surface area contributed by atoms with E-state index in [2.05, 4.69) is 42.7 Å². The van der Waals surface area contributed by atoms with Crippen molar-refractivity contribution in [2.24, 2.45) is 0 Å². The molecule has 6 nitrogen and oxygen atoms in total. The molecule has 0 bridgehead atoms. The van der Waals surface area contributed by atoms with Crippen molar-refractivity contribution >= 4 is 32.8 Å². The van der Waals surface area contributed by atoms with Crippen molar-refractivity contribution in [3.63, 3.8) is 0 Å². The van der Waals surface area contributed by atoms with E-state index in [9.17, 15) is 5.11 Å². The molecule has 0 unspecified atom stereocenters. The fourth-order valence-corrected chi connectivity index (χ4v) is 2.00. The molecule has 3 aromatic rings. The summed E-state index contributed by atoms with van der Waals surface area (Å²) in [6.45, 7) is 5.25. The zero-order valence-corrected chi connectivity index (χ0v) is 12.9. The summed E-state index contributed by atoms with van der Waals surface area (Å²) in [4.78, 5) is 7.96. The zero-order chi connectivity index (χ0) is 15.4. The first-order chi connectivity index (χ1) is 10.1. The number of nitrogens with one attached hydrogen (secondary N) is 1. The summed E-state index contributed by atoms with van der Waals surface area (Å²) in [7, 11) is 0. The van der Waals surface area contributed by atoms with Gasteiger partial charge in [0.1, 0.15) is 17.9 Å². The fraction of sp³-hybridized carbons (Fsp3) is 0.0714. The molecule has 0 atom stereocenters. The first kappa shape index (κ1) is 15.0. The van der Waals surface area contributed by atoms with Crippen molar-refractivity contribution in [2.75, 3.05) is 5.73 Å². The quantitative estimate of drug-likeness (QED) is 0.586. The number of rotatable bonds is 1. The monoisotopic (exact) mass is 347 g/mol. The zero-order valence-electron chi connectivity index (χ0n) is 11.3. The van der Waals surface area contributed by atoms with Crippen LogP contribution in [0.5, 0.6) is 5.75 Å². The normalized spacial score (nSPS) is 10.0. The highest BCUT2D eigenvalue weighted by Crippen LogP contribution is 2.33. The summed E-state index contributed by atoms with van der Waals surface area (Å²) in [6.07, 6.45) is 3.11. The number of allylic oxidation sites excluding steroid dienone is 1. The van der Waals surface area contributed by atoms with Crippen LogP contribution in [0.25, 0.3) is 22.3 Å². The third-order valence-electron chi connectivity index (χ3n) is 2.62. The van der Waals surface area contributed by atoms with Gasteiger partial charge >= 0.3 is 0 Å². The van der Waals surface area contributed by atoms with E-state index in [1.807, 2.05) is 13.0 Å². The third-order valence-corrected chi connectivity index (χ3v) is 3.29. The van der Waals surface area contributed by atoms with Crippen molar-refractivity contribution in [1.82, 2.24) is 20.2 Å². The molecular formula is C14H14BrN5O. The molecule has 7 heteroatoms. The minimum atomic E-state index is 0.144. The molecule has 0 aliphatic rings. The van der Waals surface area contributed by atoms with Gasteiger partial charge in [-0.05, 0) is 35.0 Å². The molecule has 0 aliphatic carbocycles. The third kappa shape index (κ3) is 3.03. The van der Waals surface area contributed by atoms with Gasteiger partial charge in [0.15, 0.2) is 5.65 Å². The van der Waals surface area contributed by atoms with E-state index in [4.69, 9.17) is 5.73 Å². The minimum absolute atomic E-state index is 0.144. The second kappa shape index (κ2) is 6.36. The molecule has 1 aromatic carbocycles. The van der Waals surface area contributed by atoms with E-state index < -0.39 is 0 Å². The number of nitrogens with zero attached hydrogens (tertiary/aromatic N) is 3. The number of aromatic nitrogens is 4. The van der Waals surface area contributed by atoms with Crippen LogP contribution in [0.4, 0.5) is 5.82 Å². The number of phenols is 1. The van der Waals surface area contributed by atoms with Crippen LogP contribution >= 0.6 is 15.9 Å². The second-order valence-corrected chi connectivity index (χ2v) is 4.98. The SMILES string of the molecule is C=CC.Nc1ncnc2n[nH]c(-c3ccc(Br)c(O)c3)c12. The largest absolute Gasteiger partial charge is 0.507 e. The summed E-state index contributed by atoms with van der Waals surface area (Å²) in [6, 6.07) is 5.20. The molecule has 0 saturated carbocycles. The molecule has 0 saturated heterocycles. The van der Waals surface area contributed by atoms with E-state index >= 15 is 0 Å². The number of nitrogens with two attached hydrogens (primary N) is 1. The van der Waals surface area contributed by atoms with E-state index in [0.29, 0.717) is 27.0 Å². The number of aromatic amines is 1. The van der Waals surface area contributed by atoms with Gasteiger partial charge in [0.05, 0.1) is 15.6 Å². The number of hydrogen-bond donors (Lipinski definition) is 3. The van der Waals surface area contributed by atoms with Gasteiger partial charge in [-0.25, -0.2) is 9.97 Å². The van der Waals surface area contributed by atoms with Gasteiger partial charge in [-0.2, -0.15) is 5.10 Å². The van der Waals surface area contributed by atoms with Gasteiger partial charge in [0, 0.05) is 5.56 Å². The van der Waals surface area contributed by atoms with Gasteiger partial charge in [0.2, 0.25) is 0 Å². The lowest BCUT2D eigenvalue weighted by Crippen LogP contribution is -1.92. The topological polar surface area (TPSA) is 101 Å². The maximum absolute atomic E-state index is 9.70. The van der Waals surface area contributed by atoms with E-state index in [1.165, 1.54) is 6.33 Å². The second-order valence-electron chi connectivity index (χ2n) is 4.13. The minimum Gasteiger partial charge on any atom is -0.507 e. The van der Waals surface area contributed by atoms with E-state index in [-0.39, 0.29) is 5.75 Å². The van der Waals surface area contributed by atoms with Crippen molar-refractivity contribution in [3.05, 3.63) is 41.7 Å². The first-order valence-corrected chi connectivity index (χ1v) is 6.88. The molecule has 0 amide bonds. The highest BCUT2D eigenvalue weighted by Gasteiger charge is 2.13. The Morgan fingerprint density at radius 1 is 1.38 bits per heavy atom. The number of nitrogen functional groups attached to an aromatic ring is 1. The lowest BCUT2D eigenvalue weighted by atomic mass is 10.1. The molecule has 4 N–H and O–H groups in total. The summed E-state index contributed by atoms with van der Waals surface area (Å²) in [5.41, 5.74) is 7.77. The maximum Gasteiger partial charge on any atom is 0.186 e. The Morgan fingerprint density at radius 2 is 2.10 bits per heavy atom. The van der Waals surface area contributed by atoms with E-state index in [0.717, 1.165) is 5.56 Å². The van der Waals surface area contributed by atoms with Crippen LogP contribution in [0.3, 0.4) is 0 Å². The molecule has 0 aliphatic heterocycles. The van der Waals surface area contributed by atoms with Crippen LogP contribution in [0.15, 0.2) is 41.7 Å². The van der Waals surface area contributed by atoms with Crippen molar-refractivity contribution in [1.29, 1.82) is 0 Å². The Kier molecular flexibility index (Phi) is 4.54. The lowest BCUT2D eigenvalue weighted by Gasteiger charge is -2.02. The Morgan fingerprint density at radius 3 is 2.76 bits per heavy atom. The smallest absolute Gasteiger partial charge is 0.186 e. The Labute approximate surface area is 129 Å². The van der Waals surface area contributed by atoms with Crippen LogP contribution in [0, 0.1) is 0 Å². The maximum atomic E-state index is 9.70. The molecule has 3 rings (SSSR count). The average Bonchev–Trinajstić information content (AvgIpc) is 2.88. The molecule has 2 heterocycles. The molecule has 0 spiro atoms. The van der Waals surface area contributed by atoms with Gasteiger partial charge in [0.25, 0.3) is 0 Å². The molecular weight excluding hydrogens is 334 g/mol. The lowest BCUT2D eigenvalue weighted by molar-refractivity contribution is 0.472. The van der Waals surface area contributed by atoms with Crippen molar-refractivity contribution in [2.45, 2.75) is 6.92 Å². The van der Waals surface area contributed by atoms with Crippen LogP contribution < -0.4 is 5.73 Å². The number of halogens is 1. The van der Waals surface area contributed by atoms with Gasteiger partial charge in [-0.3, -0.25) is 5.10 Å². The molecule has 21 heavy (non-hydrogen) atoms. The fourth-order valence-electron chi connectivity index (χ4n) is 1.76. The number of H-pyrrole nitrogens is 1. The highest BCUT2D eigenvalue weighted by atomic mass is 79.9. The van der Waals surface area contributed by atoms with Crippen molar-refractivity contribution < 1.29 is 5.11 Å². The van der Waals surface area contributed by atoms with Crippen molar-refractivity contribution in [3.8, 4) is 17.0 Å². The van der Waals surface area contributed by atoms with Crippen LogP contribution in [-0.4, -0.2) is 25.3 Å². The number of benzene rings is 1. The Hall–Kier alpha value is -2.41. The van der Waals surface area contributed by atoms with Crippen LogP contribution in [0.2, 0.25) is 0 Å². The summed E-state index contributed by atoms with van der Waals surface area (Å²) in [5, 5.41) is 17.3. The number of anilines is 1. The van der Waals surface area contributed by atoms with Gasteiger partial charge < -0.3 is 10.8 Å². The number of phenolic OH excluding ortho intramolecular Hbond substituents is 1. The van der Waals surface area contributed by atoms with Crippen LogP contribution in [0.1, 0.15) is 6.92 Å². The molecule has 108 valence electrons. The summed E-state index contributed by atoms with van der Waals surface area (Å²) in [5.74, 6) is 0.497. The number of aromatic hydroxyl groups is 1. The molecule has 0 radical (unpaired) electrons. The molecule has 2 aromatic heterocycles. The Balaban J connectivity index is 0.000000497. The van der Waals surface area contributed by atoms with Gasteiger partial charge in [-0.15, -0.1) is 6.58 Å².